The van der Waals surface area contributed by atoms with Gasteiger partial charge >= 0.3 is 0 Å². The summed E-state index contributed by atoms with van der Waals surface area (Å²) in [6, 6.07) is 7.03. The molecule has 1 aliphatic carbocycles. The van der Waals surface area contributed by atoms with Gasteiger partial charge in [-0.1, -0.05) is 19.3 Å². The van der Waals surface area contributed by atoms with Gasteiger partial charge in [0.1, 0.15) is 5.75 Å². The van der Waals surface area contributed by atoms with Crippen LogP contribution in [-0.4, -0.2) is 62.7 Å². The van der Waals surface area contributed by atoms with Crippen molar-refractivity contribution in [2.24, 2.45) is 0 Å². The first-order valence-corrected chi connectivity index (χ1v) is 9.46. The highest BCUT2D eigenvalue weighted by atomic mass is 16.5. The lowest BCUT2D eigenvalue weighted by atomic mass is 9.95. The highest BCUT2D eigenvalue weighted by molar-refractivity contribution is 5.84. The SMILES string of the molecule is CN(C)C1CCCCC1.COc1ccc2[nH]cc(CCN(C)C)c2c1. The first-order chi connectivity index (χ1) is 12.0. The number of aromatic nitrogens is 1. The molecule has 0 aliphatic heterocycles. The van der Waals surface area contributed by atoms with Gasteiger partial charge in [-0.3, -0.25) is 0 Å². The molecule has 1 saturated carbocycles. The van der Waals surface area contributed by atoms with Gasteiger partial charge < -0.3 is 19.5 Å². The average Bonchev–Trinajstić information content (AvgIpc) is 3.03. The molecule has 1 aromatic heterocycles. The summed E-state index contributed by atoms with van der Waals surface area (Å²) in [6.07, 6.45) is 10.4. The molecule has 3 rings (SSSR count). The topological polar surface area (TPSA) is 31.5 Å². The molecule has 2 aromatic rings. The van der Waals surface area contributed by atoms with Gasteiger partial charge in [0.2, 0.25) is 0 Å². The number of aromatic amines is 1. The molecular weight excluding hydrogens is 310 g/mol. The Labute approximate surface area is 153 Å². The lowest BCUT2D eigenvalue weighted by Gasteiger charge is -2.27. The van der Waals surface area contributed by atoms with Crippen LogP contribution in [0.15, 0.2) is 24.4 Å². The molecule has 1 aliphatic rings. The van der Waals surface area contributed by atoms with Crippen molar-refractivity contribution in [1.82, 2.24) is 14.8 Å². The predicted octanol–water partition coefficient (Wildman–Crippen LogP) is 4.16. The van der Waals surface area contributed by atoms with Crippen molar-refractivity contribution in [2.45, 2.75) is 44.6 Å². The fourth-order valence-corrected chi connectivity index (χ4v) is 3.43. The third-order valence-electron chi connectivity index (χ3n) is 5.11. The van der Waals surface area contributed by atoms with Crippen LogP contribution in [-0.2, 0) is 6.42 Å². The molecule has 0 atom stereocenters. The van der Waals surface area contributed by atoms with Gasteiger partial charge in [0, 0.05) is 29.7 Å². The van der Waals surface area contributed by atoms with Crippen LogP contribution < -0.4 is 4.74 Å². The molecule has 1 aromatic carbocycles. The number of fused-ring (bicyclic) bond motifs is 1. The maximum absolute atomic E-state index is 5.25. The number of likely N-dealkylation sites (N-methyl/N-ethyl adjacent to an activating group) is 1. The third kappa shape index (κ3) is 6.05. The molecule has 0 saturated heterocycles. The van der Waals surface area contributed by atoms with Gasteiger partial charge in [0.25, 0.3) is 0 Å². The van der Waals surface area contributed by atoms with Crippen molar-refractivity contribution < 1.29 is 4.74 Å². The quantitative estimate of drug-likeness (QED) is 0.883. The number of nitrogens with zero attached hydrogens (tertiary/aromatic N) is 2. The van der Waals surface area contributed by atoms with E-state index in [0.29, 0.717) is 0 Å². The zero-order valence-electron chi connectivity index (χ0n) is 16.6. The second-order valence-corrected chi connectivity index (χ2v) is 7.53. The molecule has 1 N–H and O–H groups in total. The minimum atomic E-state index is 0.888. The smallest absolute Gasteiger partial charge is 0.119 e. The first-order valence-electron chi connectivity index (χ1n) is 9.46. The largest absolute Gasteiger partial charge is 0.497 e. The minimum absolute atomic E-state index is 0.888. The summed E-state index contributed by atoms with van der Waals surface area (Å²) in [5.74, 6) is 0.915. The van der Waals surface area contributed by atoms with E-state index in [1.807, 2.05) is 6.07 Å². The first kappa shape index (κ1) is 19.8. The number of hydrogen-bond acceptors (Lipinski definition) is 3. The van der Waals surface area contributed by atoms with Crippen LogP contribution in [0.5, 0.6) is 5.75 Å². The summed E-state index contributed by atoms with van der Waals surface area (Å²) in [6.45, 7) is 1.06. The van der Waals surface area contributed by atoms with Crippen LogP contribution >= 0.6 is 0 Å². The van der Waals surface area contributed by atoms with Crippen molar-refractivity contribution in [2.75, 3.05) is 41.8 Å². The number of benzene rings is 1. The van der Waals surface area contributed by atoms with Crippen molar-refractivity contribution in [1.29, 1.82) is 0 Å². The fourth-order valence-electron chi connectivity index (χ4n) is 3.43. The molecule has 0 radical (unpaired) electrons. The van der Waals surface area contributed by atoms with Crippen molar-refractivity contribution >= 4 is 10.9 Å². The Kier molecular flexibility index (Phi) is 7.79. The zero-order chi connectivity index (χ0) is 18.2. The Balaban J connectivity index is 0.000000212. The van der Waals surface area contributed by atoms with E-state index in [2.05, 4.69) is 61.3 Å². The van der Waals surface area contributed by atoms with Crippen molar-refractivity contribution in [3.05, 3.63) is 30.0 Å². The van der Waals surface area contributed by atoms with Gasteiger partial charge in [0.15, 0.2) is 0 Å². The van der Waals surface area contributed by atoms with Gasteiger partial charge in [-0.25, -0.2) is 0 Å². The monoisotopic (exact) mass is 345 g/mol. The lowest BCUT2D eigenvalue weighted by Crippen LogP contribution is -2.29. The van der Waals surface area contributed by atoms with Crippen LogP contribution in [0.2, 0.25) is 0 Å². The Morgan fingerprint density at radius 1 is 1.08 bits per heavy atom. The maximum atomic E-state index is 5.25. The summed E-state index contributed by atoms with van der Waals surface area (Å²) >= 11 is 0. The molecule has 4 nitrogen and oxygen atoms in total. The molecule has 0 unspecified atom stereocenters. The van der Waals surface area contributed by atoms with Gasteiger partial charge in [-0.05, 0) is 71.2 Å². The van der Waals surface area contributed by atoms with E-state index >= 15 is 0 Å². The second-order valence-electron chi connectivity index (χ2n) is 7.53. The van der Waals surface area contributed by atoms with E-state index in [1.54, 1.807) is 7.11 Å². The van der Waals surface area contributed by atoms with Crippen LogP contribution in [0.4, 0.5) is 0 Å². The predicted molar refractivity (Wildman–Crippen MR) is 108 cm³/mol. The maximum Gasteiger partial charge on any atom is 0.119 e. The number of H-pyrrole nitrogens is 1. The highest BCUT2D eigenvalue weighted by Crippen LogP contribution is 2.24. The zero-order valence-corrected chi connectivity index (χ0v) is 16.6. The molecular formula is C21H35N3O. The third-order valence-corrected chi connectivity index (χ3v) is 5.11. The van der Waals surface area contributed by atoms with Crippen LogP contribution in [0.25, 0.3) is 10.9 Å². The molecule has 140 valence electrons. The molecule has 0 spiro atoms. The van der Waals surface area contributed by atoms with E-state index in [1.165, 1.54) is 48.6 Å². The van der Waals surface area contributed by atoms with Crippen molar-refractivity contribution in [3.8, 4) is 5.75 Å². The van der Waals surface area contributed by atoms with E-state index in [9.17, 15) is 0 Å². The average molecular weight is 346 g/mol. The normalized spacial score (nSPS) is 15.5. The Bertz CT molecular complexity index is 627. The second kappa shape index (κ2) is 9.83. The highest BCUT2D eigenvalue weighted by Gasteiger charge is 2.14. The minimum Gasteiger partial charge on any atom is -0.497 e. The molecule has 1 heterocycles. The molecule has 0 amide bonds. The molecule has 0 bridgehead atoms. The Morgan fingerprint density at radius 3 is 2.36 bits per heavy atom. The van der Waals surface area contributed by atoms with Gasteiger partial charge in [-0.15, -0.1) is 0 Å². The lowest BCUT2D eigenvalue weighted by molar-refractivity contribution is 0.229. The molecule has 1 fully saturated rings. The summed E-state index contributed by atoms with van der Waals surface area (Å²) in [4.78, 5) is 7.84. The summed E-state index contributed by atoms with van der Waals surface area (Å²) < 4.78 is 5.25. The number of hydrogen-bond donors (Lipinski definition) is 1. The number of ether oxygens (including phenoxy) is 1. The van der Waals surface area contributed by atoms with Crippen LogP contribution in [0.1, 0.15) is 37.7 Å². The van der Waals surface area contributed by atoms with Gasteiger partial charge in [0.05, 0.1) is 7.11 Å². The number of methoxy groups -OCH3 is 1. The standard InChI is InChI=1S/C13H18N2O.C8H17N/c1-15(2)7-6-10-9-14-13-5-4-11(16-3)8-12(10)13;1-9(2)8-6-4-3-5-7-8/h4-5,8-9,14H,6-7H2,1-3H3;8H,3-7H2,1-2H3. The van der Waals surface area contributed by atoms with E-state index in [-0.39, 0.29) is 0 Å². The Hall–Kier alpha value is -1.52. The summed E-state index contributed by atoms with van der Waals surface area (Å²) in [7, 11) is 10.3. The fraction of sp³-hybridized carbons (Fsp3) is 0.619. The van der Waals surface area contributed by atoms with Crippen LogP contribution in [0, 0.1) is 0 Å². The Morgan fingerprint density at radius 2 is 1.80 bits per heavy atom. The van der Waals surface area contributed by atoms with Crippen LogP contribution in [0.3, 0.4) is 0 Å². The number of nitrogens with one attached hydrogen (secondary N) is 1. The van der Waals surface area contributed by atoms with E-state index in [0.717, 1.165) is 24.8 Å². The summed E-state index contributed by atoms with van der Waals surface area (Å²) in [5.41, 5.74) is 2.53. The van der Waals surface area contributed by atoms with E-state index < -0.39 is 0 Å². The molecule has 25 heavy (non-hydrogen) atoms. The van der Waals surface area contributed by atoms with E-state index in [4.69, 9.17) is 4.74 Å². The summed E-state index contributed by atoms with van der Waals surface area (Å²) in [5, 5.41) is 1.27. The van der Waals surface area contributed by atoms with Crippen molar-refractivity contribution in [3.63, 3.8) is 0 Å². The molecule has 4 heteroatoms. The van der Waals surface area contributed by atoms with Gasteiger partial charge in [-0.2, -0.15) is 0 Å². The number of rotatable bonds is 5.